The molecule has 1 saturated carbocycles. The topological polar surface area (TPSA) is 0 Å². The maximum Gasteiger partial charge on any atom is -0.0323 e. The van der Waals surface area contributed by atoms with Crippen LogP contribution in [-0.2, 0) is 0 Å². The van der Waals surface area contributed by atoms with Gasteiger partial charge in [0.2, 0.25) is 0 Å². The average Bonchev–Trinajstić information content (AvgIpc) is 2.40. The van der Waals surface area contributed by atoms with Crippen molar-refractivity contribution in [3.8, 4) is 0 Å². The van der Waals surface area contributed by atoms with E-state index in [9.17, 15) is 0 Å². The molecule has 0 nitrogen and oxygen atoms in total. The highest BCUT2D eigenvalue weighted by atomic mass is 14.4. The smallest absolute Gasteiger partial charge is 0.0323 e. The molecule has 0 spiro atoms. The van der Waals surface area contributed by atoms with Gasteiger partial charge < -0.3 is 0 Å². The van der Waals surface area contributed by atoms with Gasteiger partial charge in [0.15, 0.2) is 0 Å². The van der Waals surface area contributed by atoms with E-state index in [0.717, 1.165) is 17.8 Å². The van der Waals surface area contributed by atoms with Crippen LogP contribution in [0.4, 0.5) is 0 Å². The van der Waals surface area contributed by atoms with Crippen molar-refractivity contribution in [3.63, 3.8) is 0 Å². The molecule has 2 atom stereocenters. The molecule has 1 fully saturated rings. The summed E-state index contributed by atoms with van der Waals surface area (Å²) in [5.41, 5.74) is 0.610. The van der Waals surface area contributed by atoms with Crippen molar-refractivity contribution in [3.05, 3.63) is 0 Å². The minimum atomic E-state index is 0.610. The Morgan fingerprint density at radius 3 is 2.06 bits per heavy atom. The van der Waals surface area contributed by atoms with Crippen molar-refractivity contribution < 1.29 is 0 Å². The van der Waals surface area contributed by atoms with Crippen LogP contribution in [-0.4, -0.2) is 0 Å². The van der Waals surface area contributed by atoms with Gasteiger partial charge in [0.1, 0.15) is 0 Å². The Morgan fingerprint density at radius 1 is 1.12 bits per heavy atom. The quantitative estimate of drug-likeness (QED) is 0.545. The third kappa shape index (κ3) is 3.79. The van der Waals surface area contributed by atoms with Gasteiger partial charge in [-0.3, -0.25) is 0 Å². The lowest BCUT2D eigenvalue weighted by molar-refractivity contribution is 0.203. The van der Waals surface area contributed by atoms with E-state index in [4.69, 9.17) is 0 Å². The van der Waals surface area contributed by atoms with Gasteiger partial charge in [0.05, 0.1) is 0 Å². The number of hydrogen-bond acceptors (Lipinski definition) is 0. The predicted octanol–water partition coefficient (Wildman–Crippen LogP) is 5.67. The summed E-state index contributed by atoms with van der Waals surface area (Å²) < 4.78 is 0. The van der Waals surface area contributed by atoms with Gasteiger partial charge in [0.25, 0.3) is 0 Å². The summed E-state index contributed by atoms with van der Waals surface area (Å²) in [4.78, 5) is 0. The largest absolute Gasteiger partial charge is 0.0654 e. The second-order valence-electron chi connectivity index (χ2n) is 6.91. The first-order valence-corrected chi connectivity index (χ1v) is 7.49. The van der Waals surface area contributed by atoms with Crippen molar-refractivity contribution in [2.45, 2.75) is 79.6 Å². The molecular formula is C16H32. The Hall–Kier alpha value is 0. The van der Waals surface area contributed by atoms with E-state index in [-0.39, 0.29) is 0 Å². The third-order valence-electron chi connectivity index (χ3n) is 4.68. The summed E-state index contributed by atoms with van der Waals surface area (Å²) in [6.07, 6.45) is 10.1. The van der Waals surface area contributed by atoms with E-state index in [1.165, 1.54) is 44.9 Å². The zero-order valence-electron chi connectivity index (χ0n) is 12.2. The van der Waals surface area contributed by atoms with Crippen LogP contribution in [0.1, 0.15) is 79.6 Å². The summed E-state index contributed by atoms with van der Waals surface area (Å²) in [7, 11) is 0. The molecule has 0 heterocycles. The maximum absolute atomic E-state index is 2.50. The lowest BCUT2D eigenvalue weighted by Gasteiger charge is -2.30. The molecule has 0 aromatic heterocycles. The fourth-order valence-electron chi connectivity index (χ4n) is 3.97. The Kier molecular flexibility index (Phi) is 5.34. The second-order valence-corrected chi connectivity index (χ2v) is 6.91. The molecule has 2 unspecified atom stereocenters. The highest BCUT2D eigenvalue weighted by Gasteiger charge is 2.38. The molecule has 0 N–H and O–H groups in total. The van der Waals surface area contributed by atoms with Crippen LogP contribution < -0.4 is 0 Å². The fourth-order valence-corrected chi connectivity index (χ4v) is 3.97. The Labute approximate surface area is 103 Å². The van der Waals surface area contributed by atoms with Crippen molar-refractivity contribution in [2.24, 2.45) is 23.2 Å². The molecule has 1 rings (SSSR count). The Balaban J connectivity index is 2.50. The highest BCUT2D eigenvalue weighted by Crippen LogP contribution is 2.49. The van der Waals surface area contributed by atoms with E-state index in [0.29, 0.717) is 5.41 Å². The van der Waals surface area contributed by atoms with E-state index >= 15 is 0 Å². The van der Waals surface area contributed by atoms with Crippen molar-refractivity contribution in [1.82, 2.24) is 0 Å². The summed E-state index contributed by atoms with van der Waals surface area (Å²) in [5, 5.41) is 0. The van der Waals surface area contributed by atoms with Crippen LogP contribution in [0.5, 0.6) is 0 Å². The molecule has 0 amide bonds. The van der Waals surface area contributed by atoms with Crippen molar-refractivity contribution >= 4 is 0 Å². The van der Waals surface area contributed by atoms with E-state index < -0.39 is 0 Å². The first kappa shape index (κ1) is 14.1. The zero-order chi connectivity index (χ0) is 12.2. The van der Waals surface area contributed by atoms with Crippen molar-refractivity contribution in [2.75, 3.05) is 0 Å². The SMILES string of the molecule is CCCC(CCC)CC1CC(C)CC1(C)C. The first-order chi connectivity index (χ1) is 7.49. The standard InChI is InChI=1S/C16H32/c1-6-8-14(9-7-2)11-15-10-13(3)12-16(15,4)5/h13-15H,6-12H2,1-5H3. The average molecular weight is 224 g/mol. The van der Waals surface area contributed by atoms with Crippen LogP contribution in [0.25, 0.3) is 0 Å². The fraction of sp³-hybridized carbons (Fsp3) is 1.00. The Bertz CT molecular complexity index is 186. The minimum absolute atomic E-state index is 0.610. The van der Waals surface area contributed by atoms with E-state index in [1.54, 1.807) is 0 Å². The monoisotopic (exact) mass is 224 g/mol. The number of hydrogen-bond donors (Lipinski definition) is 0. The lowest BCUT2D eigenvalue weighted by Crippen LogP contribution is -2.20. The Morgan fingerprint density at radius 2 is 1.69 bits per heavy atom. The van der Waals surface area contributed by atoms with Crippen LogP contribution >= 0.6 is 0 Å². The molecule has 96 valence electrons. The molecule has 16 heavy (non-hydrogen) atoms. The lowest BCUT2D eigenvalue weighted by atomic mass is 9.75. The maximum atomic E-state index is 2.50. The van der Waals surface area contributed by atoms with Gasteiger partial charge in [-0.1, -0.05) is 60.3 Å². The second kappa shape index (κ2) is 6.07. The molecular weight excluding hydrogens is 192 g/mol. The minimum Gasteiger partial charge on any atom is -0.0654 e. The summed E-state index contributed by atoms with van der Waals surface area (Å²) in [6.45, 7) is 12.1. The summed E-state index contributed by atoms with van der Waals surface area (Å²) >= 11 is 0. The van der Waals surface area contributed by atoms with Gasteiger partial charge in [0, 0.05) is 0 Å². The molecule has 1 aliphatic rings. The molecule has 0 aliphatic heterocycles. The van der Waals surface area contributed by atoms with Gasteiger partial charge in [-0.2, -0.15) is 0 Å². The van der Waals surface area contributed by atoms with Gasteiger partial charge >= 0.3 is 0 Å². The van der Waals surface area contributed by atoms with Crippen LogP contribution in [0.3, 0.4) is 0 Å². The molecule has 1 aliphatic carbocycles. The number of rotatable bonds is 6. The van der Waals surface area contributed by atoms with Crippen LogP contribution in [0.2, 0.25) is 0 Å². The molecule has 0 heteroatoms. The normalized spacial score (nSPS) is 28.9. The predicted molar refractivity (Wildman–Crippen MR) is 73.6 cm³/mol. The van der Waals surface area contributed by atoms with Crippen LogP contribution in [0.15, 0.2) is 0 Å². The van der Waals surface area contributed by atoms with Crippen LogP contribution in [0, 0.1) is 23.2 Å². The van der Waals surface area contributed by atoms with E-state index in [2.05, 4.69) is 34.6 Å². The van der Waals surface area contributed by atoms with Gasteiger partial charge in [-0.15, -0.1) is 0 Å². The summed E-state index contributed by atoms with van der Waals surface area (Å²) in [5.74, 6) is 2.96. The van der Waals surface area contributed by atoms with E-state index in [1.807, 2.05) is 0 Å². The molecule has 0 aromatic carbocycles. The van der Waals surface area contributed by atoms with Crippen molar-refractivity contribution in [1.29, 1.82) is 0 Å². The molecule has 0 radical (unpaired) electrons. The van der Waals surface area contributed by atoms with Gasteiger partial charge in [-0.25, -0.2) is 0 Å². The first-order valence-electron chi connectivity index (χ1n) is 7.49. The molecule has 0 saturated heterocycles. The highest BCUT2D eigenvalue weighted by molar-refractivity contribution is 4.89. The molecule has 0 aromatic rings. The third-order valence-corrected chi connectivity index (χ3v) is 4.68. The molecule has 0 bridgehead atoms. The van der Waals surface area contributed by atoms with Gasteiger partial charge in [-0.05, 0) is 42.4 Å². The zero-order valence-corrected chi connectivity index (χ0v) is 12.2. The summed E-state index contributed by atoms with van der Waals surface area (Å²) in [6, 6.07) is 0.